The molecule has 0 heterocycles. The first-order valence-electron chi connectivity index (χ1n) is 12.2. The molecule has 34 heavy (non-hydrogen) atoms. The van der Waals surface area contributed by atoms with E-state index in [2.05, 4.69) is 31.3 Å². The minimum Gasteiger partial charge on any atom is -0.497 e. The summed E-state index contributed by atoms with van der Waals surface area (Å²) >= 11 is 0. The van der Waals surface area contributed by atoms with Gasteiger partial charge in [-0.2, -0.15) is 4.31 Å². The van der Waals surface area contributed by atoms with Crippen LogP contribution in [0.25, 0.3) is 0 Å². The number of sulfonamides is 1. The minimum atomic E-state index is -3.74. The number of nitrogens with one attached hydrogen (secondary N) is 1. The number of benzene rings is 2. The Bertz CT molecular complexity index is 931. The van der Waals surface area contributed by atoms with E-state index < -0.39 is 16.1 Å². The normalized spacial score (nSPS) is 14.0. The Morgan fingerprint density at radius 1 is 0.912 bits per heavy atom. The van der Waals surface area contributed by atoms with Gasteiger partial charge >= 0.3 is 0 Å². The van der Waals surface area contributed by atoms with E-state index in [0.717, 1.165) is 19.5 Å². The van der Waals surface area contributed by atoms with Gasteiger partial charge in [-0.3, -0.25) is 0 Å². The highest BCUT2D eigenvalue weighted by molar-refractivity contribution is 7.89. The Labute approximate surface area is 206 Å². The summed E-state index contributed by atoms with van der Waals surface area (Å²) in [5.41, 5.74) is 1.22. The second kappa shape index (κ2) is 13.8. The van der Waals surface area contributed by atoms with E-state index in [4.69, 9.17) is 4.74 Å². The highest BCUT2D eigenvalue weighted by Gasteiger charge is 2.28. The van der Waals surface area contributed by atoms with Crippen LogP contribution in [0.3, 0.4) is 0 Å². The van der Waals surface area contributed by atoms with E-state index in [0.29, 0.717) is 24.6 Å². The molecule has 2 rings (SSSR count). The van der Waals surface area contributed by atoms with Crippen LogP contribution in [-0.4, -0.2) is 57.2 Å². The van der Waals surface area contributed by atoms with Crippen LogP contribution in [0.1, 0.15) is 39.7 Å². The zero-order valence-corrected chi connectivity index (χ0v) is 22.1. The van der Waals surface area contributed by atoms with Crippen molar-refractivity contribution in [1.29, 1.82) is 0 Å². The maximum absolute atomic E-state index is 13.4. The summed E-state index contributed by atoms with van der Waals surface area (Å²) in [5.74, 6) is 1.47. The molecule has 2 N–H and O–H groups in total. The largest absolute Gasteiger partial charge is 0.497 e. The average molecular weight is 491 g/mol. The molecule has 0 aliphatic rings. The van der Waals surface area contributed by atoms with Crippen LogP contribution in [0, 0.1) is 17.8 Å². The van der Waals surface area contributed by atoms with Crippen LogP contribution in [0.2, 0.25) is 0 Å². The summed E-state index contributed by atoms with van der Waals surface area (Å²) in [7, 11) is -2.19. The zero-order valence-electron chi connectivity index (χ0n) is 21.3. The number of aliphatic hydroxyl groups is 1. The molecule has 0 unspecified atom stereocenters. The molecule has 6 nitrogen and oxygen atoms in total. The maximum Gasteiger partial charge on any atom is 0.243 e. The fourth-order valence-electron chi connectivity index (χ4n) is 4.03. The van der Waals surface area contributed by atoms with Crippen molar-refractivity contribution in [2.45, 2.75) is 51.5 Å². The maximum atomic E-state index is 13.4. The second-order valence-corrected chi connectivity index (χ2v) is 11.8. The first-order valence-corrected chi connectivity index (χ1v) is 13.6. The lowest BCUT2D eigenvalue weighted by Gasteiger charge is -2.28. The van der Waals surface area contributed by atoms with Crippen LogP contribution in [-0.2, 0) is 16.4 Å². The Morgan fingerprint density at radius 2 is 1.56 bits per heavy atom. The number of ether oxygens (including phenoxy) is 1. The van der Waals surface area contributed by atoms with Crippen molar-refractivity contribution >= 4 is 10.0 Å². The summed E-state index contributed by atoms with van der Waals surface area (Å²) in [6.45, 7) is 10.4. The van der Waals surface area contributed by atoms with Gasteiger partial charge in [0.15, 0.2) is 0 Å². The summed E-state index contributed by atoms with van der Waals surface area (Å²) in [6, 6.07) is 16.6. The third-order valence-electron chi connectivity index (χ3n) is 5.64. The molecule has 0 aromatic heterocycles. The number of nitrogens with zero attached hydrogens (tertiary/aromatic N) is 1. The molecule has 190 valence electrons. The van der Waals surface area contributed by atoms with Crippen LogP contribution >= 0.6 is 0 Å². The number of methoxy groups -OCH3 is 1. The zero-order chi connectivity index (χ0) is 25.1. The summed E-state index contributed by atoms with van der Waals surface area (Å²) < 4.78 is 33.4. The summed E-state index contributed by atoms with van der Waals surface area (Å²) in [6.07, 6.45) is 0.590. The molecular weight excluding hydrogens is 448 g/mol. The standard InChI is InChI=1S/C27H42N2O4S/c1-21(2)17-28-18-24(15-23-9-7-6-8-10-23)16-25(30)20-29(19-22(3)4)34(31,32)27-13-11-26(33-5)12-14-27/h6-14,21-22,24-25,28,30H,15-20H2,1-5H3/t24-,25+/m1/s1. The van der Waals surface area contributed by atoms with E-state index in [1.54, 1.807) is 31.4 Å². The van der Waals surface area contributed by atoms with Crippen LogP contribution < -0.4 is 10.1 Å². The molecule has 0 radical (unpaired) electrons. The predicted molar refractivity (Wildman–Crippen MR) is 139 cm³/mol. The molecule has 0 saturated carbocycles. The van der Waals surface area contributed by atoms with Gasteiger partial charge < -0.3 is 15.2 Å². The van der Waals surface area contributed by atoms with E-state index in [-0.39, 0.29) is 23.3 Å². The van der Waals surface area contributed by atoms with Gasteiger partial charge in [0.05, 0.1) is 18.1 Å². The summed E-state index contributed by atoms with van der Waals surface area (Å²) in [5, 5.41) is 14.5. The van der Waals surface area contributed by atoms with Crippen molar-refractivity contribution in [3.8, 4) is 5.75 Å². The molecule has 0 fully saturated rings. The predicted octanol–water partition coefficient (Wildman–Crippen LogP) is 4.20. The molecule has 0 amide bonds. The number of hydrogen-bond donors (Lipinski definition) is 2. The van der Waals surface area contributed by atoms with E-state index in [9.17, 15) is 13.5 Å². The van der Waals surface area contributed by atoms with Gasteiger partial charge in [0.2, 0.25) is 10.0 Å². The van der Waals surface area contributed by atoms with Gasteiger partial charge in [-0.1, -0.05) is 58.0 Å². The first-order chi connectivity index (χ1) is 16.1. The quantitative estimate of drug-likeness (QED) is 0.391. The molecule has 7 heteroatoms. The van der Waals surface area contributed by atoms with E-state index in [1.807, 2.05) is 32.0 Å². The van der Waals surface area contributed by atoms with Gasteiger partial charge in [0, 0.05) is 13.1 Å². The van der Waals surface area contributed by atoms with Crippen LogP contribution in [0.15, 0.2) is 59.5 Å². The SMILES string of the molecule is COc1ccc(S(=O)(=O)N(CC(C)C)C[C@@H](O)C[C@H](CNCC(C)C)Cc2ccccc2)cc1. The molecule has 0 saturated heterocycles. The molecule has 2 aromatic carbocycles. The molecule has 2 atom stereocenters. The lowest BCUT2D eigenvalue weighted by atomic mass is 9.93. The van der Waals surface area contributed by atoms with Gasteiger partial charge in [-0.25, -0.2) is 8.42 Å². The van der Waals surface area contributed by atoms with Gasteiger partial charge in [-0.05, 0) is 73.5 Å². The van der Waals surface area contributed by atoms with Crippen molar-refractivity contribution in [2.24, 2.45) is 17.8 Å². The molecule has 0 aliphatic carbocycles. The molecule has 0 spiro atoms. The Morgan fingerprint density at radius 3 is 2.12 bits per heavy atom. The Balaban J connectivity index is 2.14. The minimum absolute atomic E-state index is 0.0714. The Hall–Kier alpha value is -1.93. The first kappa shape index (κ1) is 28.3. The fourth-order valence-corrected chi connectivity index (χ4v) is 5.67. The molecular formula is C27H42N2O4S. The van der Waals surface area contributed by atoms with Crippen molar-refractivity contribution in [3.05, 3.63) is 60.2 Å². The smallest absolute Gasteiger partial charge is 0.243 e. The van der Waals surface area contributed by atoms with Crippen LogP contribution in [0.4, 0.5) is 0 Å². The average Bonchev–Trinajstić information content (AvgIpc) is 2.78. The lowest BCUT2D eigenvalue weighted by molar-refractivity contribution is 0.114. The molecule has 2 aromatic rings. The van der Waals surface area contributed by atoms with Gasteiger partial charge in [0.1, 0.15) is 5.75 Å². The lowest BCUT2D eigenvalue weighted by Crippen LogP contribution is -2.41. The molecule has 0 bridgehead atoms. The fraction of sp³-hybridized carbons (Fsp3) is 0.556. The van der Waals surface area contributed by atoms with Gasteiger partial charge in [-0.15, -0.1) is 0 Å². The van der Waals surface area contributed by atoms with E-state index >= 15 is 0 Å². The number of rotatable bonds is 15. The molecule has 0 aliphatic heterocycles. The van der Waals surface area contributed by atoms with E-state index in [1.165, 1.54) is 9.87 Å². The van der Waals surface area contributed by atoms with Crippen molar-refractivity contribution in [1.82, 2.24) is 9.62 Å². The monoisotopic (exact) mass is 490 g/mol. The van der Waals surface area contributed by atoms with Gasteiger partial charge in [0.25, 0.3) is 0 Å². The summed E-state index contributed by atoms with van der Waals surface area (Å²) in [4.78, 5) is 0.209. The van der Waals surface area contributed by atoms with Crippen molar-refractivity contribution < 1.29 is 18.3 Å². The second-order valence-electron chi connectivity index (χ2n) is 9.89. The van der Waals surface area contributed by atoms with Crippen LogP contribution in [0.5, 0.6) is 5.75 Å². The third kappa shape index (κ3) is 9.37. The number of aliphatic hydroxyl groups excluding tert-OH is 1. The number of hydrogen-bond acceptors (Lipinski definition) is 5. The Kier molecular flexibility index (Phi) is 11.5. The third-order valence-corrected chi connectivity index (χ3v) is 7.48. The van der Waals surface area contributed by atoms with Crippen molar-refractivity contribution in [2.75, 3.05) is 33.3 Å². The highest BCUT2D eigenvalue weighted by Crippen LogP contribution is 2.22. The van der Waals surface area contributed by atoms with Crippen molar-refractivity contribution in [3.63, 3.8) is 0 Å². The highest BCUT2D eigenvalue weighted by atomic mass is 32.2. The topological polar surface area (TPSA) is 78.9 Å².